The normalized spacial score (nSPS) is 27.1. The third-order valence-corrected chi connectivity index (χ3v) is 15.9. The van der Waals surface area contributed by atoms with E-state index in [1.807, 2.05) is 49.5 Å². The number of hydrogen-bond acceptors (Lipinski definition) is 15. The predicted octanol–water partition coefficient (Wildman–Crippen LogP) is 5.71. The van der Waals surface area contributed by atoms with Crippen molar-refractivity contribution in [2.45, 2.75) is 147 Å². The zero-order valence-electron chi connectivity index (χ0n) is 35.8. The fourth-order valence-corrected chi connectivity index (χ4v) is 9.21. The lowest BCUT2D eigenvalue weighted by Crippen LogP contribution is -2.67. The first-order valence-electron chi connectivity index (χ1n) is 20.0. The number of aliphatic hydroxyl groups excluding tert-OH is 1. The van der Waals surface area contributed by atoms with Crippen molar-refractivity contribution in [3.05, 3.63) is 82.2 Å². The molecule has 2 saturated heterocycles. The Morgan fingerprint density at radius 2 is 1.45 bits per heavy atom. The van der Waals surface area contributed by atoms with Crippen LogP contribution in [0.5, 0.6) is 0 Å². The maximum absolute atomic E-state index is 13.4. The minimum Gasteiger partial charge on any atom is -0.467 e. The van der Waals surface area contributed by atoms with Crippen LogP contribution in [0.2, 0.25) is 18.1 Å². The summed E-state index contributed by atoms with van der Waals surface area (Å²) in [6.07, 6.45) is -13.7. The number of hydrogen-bond donors (Lipinski definition) is 1. The molecule has 0 bridgehead atoms. The number of azide groups is 1. The van der Waals surface area contributed by atoms with Crippen molar-refractivity contribution in [2.75, 3.05) is 13.7 Å². The summed E-state index contributed by atoms with van der Waals surface area (Å²) in [6.45, 7) is 14.5. The van der Waals surface area contributed by atoms with Gasteiger partial charge in [-0.3, -0.25) is 9.59 Å². The number of aliphatic hydroxyl groups is 1. The van der Waals surface area contributed by atoms with Gasteiger partial charge in [0.15, 0.2) is 33.1 Å². The molecule has 0 unspecified atom stereocenters. The van der Waals surface area contributed by atoms with Gasteiger partial charge < -0.3 is 52.2 Å². The van der Waals surface area contributed by atoms with Crippen molar-refractivity contribution < 1.29 is 66.6 Å². The molecule has 2 fully saturated rings. The van der Waals surface area contributed by atoms with Gasteiger partial charge in [-0.25, -0.2) is 4.79 Å². The molecule has 18 heteroatoms. The Labute approximate surface area is 352 Å². The maximum Gasteiger partial charge on any atom is 0.337 e. The Morgan fingerprint density at radius 1 is 0.867 bits per heavy atom. The molecule has 0 amide bonds. The van der Waals surface area contributed by atoms with Crippen LogP contribution in [-0.4, -0.2) is 112 Å². The summed E-state index contributed by atoms with van der Waals surface area (Å²) >= 11 is 0. The molecule has 0 spiro atoms. The monoisotopic (exact) mass is 857 g/mol. The first-order valence-corrected chi connectivity index (χ1v) is 22.9. The van der Waals surface area contributed by atoms with Crippen LogP contribution in [0, 0.1) is 5.92 Å². The highest BCUT2D eigenvalue weighted by Gasteiger charge is 2.57. The Morgan fingerprint density at radius 3 is 1.97 bits per heavy atom. The molecule has 2 aromatic carbocycles. The van der Waals surface area contributed by atoms with Crippen LogP contribution >= 0.6 is 0 Å². The SMILES string of the molecule is COC(=O)[C@H]1O[C@@H](O[C@H]2[C@H](OCc3ccccc3)[C@@H](N=[N+]=[N-])[C@H](O[Si](C)(C)C(C)(C)C(C)C)O[C@@H]2COC(C)=O)[C@H](OC(=O)CCC(C)=O)[C@@H](OCc2ccccc2)[C@@H]1O. The highest BCUT2D eigenvalue weighted by atomic mass is 28.4. The molecule has 2 aliphatic rings. The van der Waals surface area contributed by atoms with Gasteiger partial charge in [-0.15, -0.1) is 0 Å². The summed E-state index contributed by atoms with van der Waals surface area (Å²) in [5.74, 6) is -2.55. The molecule has 0 aromatic heterocycles. The standard InChI is InChI=1S/C42H59N3O14Si/c1-25(2)42(5,6)60(8,9)59-40-32(44-45-43)35(53-22-28-16-12-10-13-17-28)34(30(55-40)24-52-27(4)47)57-41-38(56-31(48)21-20-26(3)46)36(33(49)37(58-41)39(50)51-7)54-23-29-18-14-11-15-19-29/h10-19,25,30,32-38,40-41,49H,20-24H2,1-9H3/t30-,32-,33+,34-,35-,36+,37+,38-,40+,41-/m1/s1. The average molecular weight is 858 g/mol. The van der Waals surface area contributed by atoms with Crippen molar-refractivity contribution in [1.82, 2.24) is 0 Å². The van der Waals surface area contributed by atoms with Gasteiger partial charge in [0.25, 0.3) is 0 Å². The Kier molecular flexibility index (Phi) is 17.8. The topological polar surface area (TPSA) is 220 Å². The highest BCUT2D eigenvalue weighted by molar-refractivity contribution is 6.74. The van der Waals surface area contributed by atoms with Gasteiger partial charge in [0.05, 0.1) is 26.7 Å². The molecule has 17 nitrogen and oxygen atoms in total. The fraction of sp³-hybridized carbons (Fsp3) is 0.619. The molecule has 1 N–H and O–H groups in total. The van der Waals surface area contributed by atoms with E-state index in [4.69, 9.17) is 42.3 Å². The number of esters is 3. The van der Waals surface area contributed by atoms with Crippen LogP contribution in [0.1, 0.15) is 65.5 Å². The lowest BCUT2D eigenvalue weighted by Gasteiger charge is -2.51. The van der Waals surface area contributed by atoms with Crippen molar-refractivity contribution in [3.8, 4) is 0 Å². The third kappa shape index (κ3) is 12.7. The second-order valence-corrected chi connectivity index (χ2v) is 20.8. The van der Waals surface area contributed by atoms with Gasteiger partial charge in [-0.2, -0.15) is 0 Å². The van der Waals surface area contributed by atoms with E-state index in [2.05, 4.69) is 37.7 Å². The van der Waals surface area contributed by atoms with Gasteiger partial charge in [0, 0.05) is 18.3 Å². The van der Waals surface area contributed by atoms with Crippen molar-refractivity contribution >= 4 is 32.0 Å². The first-order chi connectivity index (χ1) is 28.4. The second-order valence-electron chi connectivity index (χ2n) is 16.3. The predicted molar refractivity (Wildman–Crippen MR) is 217 cm³/mol. The van der Waals surface area contributed by atoms with Gasteiger partial charge in [-0.1, -0.05) is 93.5 Å². The molecule has 330 valence electrons. The van der Waals surface area contributed by atoms with E-state index in [9.17, 15) is 29.8 Å². The van der Waals surface area contributed by atoms with Crippen molar-refractivity contribution in [3.63, 3.8) is 0 Å². The maximum atomic E-state index is 13.4. The van der Waals surface area contributed by atoms with E-state index in [-0.39, 0.29) is 42.8 Å². The number of benzene rings is 2. The molecule has 60 heavy (non-hydrogen) atoms. The van der Waals surface area contributed by atoms with Crippen LogP contribution in [0.25, 0.3) is 10.4 Å². The lowest BCUT2D eigenvalue weighted by atomic mass is 9.95. The summed E-state index contributed by atoms with van der Waals surface area (Å²) < 4.78 is 55.4. The van der Waals surface area contributed by atoms with Gasteiger partial charge in [-0.05, 0) is 47.6 Å². The number of nitrogens with zero attached hydrogens (tertiary/aromatic N) is 3. The minimum absolute atomic E-state index is 0.0184. The zero-order valence-corrected chi connectivity index (χ0v) is 36.8. The summed E-state index contributed by atoms with van der Waals surface area (Å²) in [5.41, 5.74) is 11.4. The van der Waals surface area contributed by atoms with Crippen molar-refractivity contribution in [1.29, 1.82) is 0 Å². The summed E-state index contributed by atoms with van der Waals surface area (Å²) in [5, 5.41) is 15.5. The number of carbonyl (C=O) groups is 4. The molecule has 0 radical (unpaired) electrons. The minimum atomic E-state index is -2.75. The van der Waals surface area contributed by atoms with Gasteiger partial charge in [0.2, 0.25) is 0 Å². The summed E-state index contributed by atoms with van der Waals surface area (Å²) in [6, 6.07) is 16.9. The third-order valence-electron chi connectivity index (χ3n) is 11.4. The van der Waals surface area contributed by atoms with E-state index in [0.29, 0.717) is 5.56 Å². The number of Topliss-reactive ketones (excluding diaryl/α,β-unsaturated/α-hetero) is 1. The van der Waals surface area contributed by atoms with Gasteiger partial charge >= 0.3 is 17.9 Å². The Bertz CT molecular complexity index is 1780. The summed E-state index contributed by atoms with van der Waals surface area (Å²) in [4.78, 5) is 53.9. The molecule has 10 atom stereocenters. The second kappa shape index (κ2) is 22.0. The number of ketones is 1. The van der Waals surface area contributed by atoms with Crippen LogP contribution in [0.15, 0.2) is 65.8 Å². The van der Waals surface area contributed by atoms with Crippen molar-refractivity contribution in [2.24, 2.45) is 11.0 Å². The number of methoxy groups -OCH3 is 1. The van der Waals surface area contributed by atoms with E-state index in [1.165, 1.54) is 13.8 Å². The first kappa shape index (κ1) is 48.4. The van der Waals surface area contributed by atoms with Gasteiger partial charge in [0.1, 0.15) is 49.0 Å². The van der Waals surface area contributed by atoms with Crippen LogP contribution < -0.4 is 0 Å². The molecule has 2 aliphatic heterocycles. The number of ether oxygens (including phenoxy) is 8. The average Bonchev–Trinajstić information content (AvgIpc) is 3.20. The molecule has 0 saturated carbocycles. The van der Waals surface area contributed by atoms with Crippen LogP contribution in [0.3, 0.4) is 0 Å². The molecular weight excluding hydrogens is 799 g/mol. The zero-order chi connectivity index (χ0) is 44.2. The van der Waals surface area contributed by atoms with E-state index < -0.39 is 94.2 Å². The Balaban J connectivity index is 1.86. The van der Waals surface area contributed by atoms with E-state index in [1.54, 1.807) is 24.3 Å². The molecular formula is C42H59N3O14Si. The number of rotatable bonds is 20. The van der Waals surface area contributed by atoms with E-state index >= 15 is 0 Å². The van der Waals surface area contributed by atoms with Crippen LogP contribution in [0.4, 0.5) is 0 Å². The molecule has 0 aliphatic carbocycles. The highest BCUT2D eigenvalue weighted by Crippen LogP contribution is 2.46. The largest absolute Gasteiger partial charge is 0.467 e. The smallest absolute Gasteiger partial charge is 0.337 e. The fourth-order valence-electron chi connectivity index (χ4n) is 6.74. The van der Waals surface area contributed by atoms with E-state index in [0.717, 1.165) is 12.7 Å². The lowest BCUT2D eigenvalue weighted by molar-refractivity contribution is -0.346. The quantitative estimate of drug-likeness (QED) is 0.0421. The van der Waals surface area contributed by atoms with Crippen LogP contribution in [-0.2, 0) is 74.7 Å². The molecule has 2 aromatic rings. The molecule has 2 heterocycles. The summed E-state index contributed by atoms with van der Waals surface area (Å²) in [7, 11) is -1.64. The molecule has 4 rings (SSSR count). The number of carbonyl (C=O) groups excluding carboxylic acids is 4. The Hall–Kier alpha value is -4.23.